The van der Waals surface area contributed by atoms with Crippen LogP contribution in [-0.2, 0) is 15.0 Å². The van der Waals surface area contributed by atoms with E-state index in [9.17, 15) is 19.6 Å². The zero-order valence-electron chi connectivity index (χ0n) is 24.5. The number of amides is 3. The molecular weight excluding hydrogens is 532 g/mol. The van der Waals surface area contributed by atoms with Crippen LogP contribution in [0.4, 0.5) is 5.69 Å². The van der Waals surface area contributed by atoms with Crippen LogP contribution in [0.3, 0.4) is 0 Å². The van der Waals surface area contributed by atoms with E-state index in [-0.39, 0.29) is 36.6 Å². The van der Waals surface area contributed by atoms with Crippen molar-refractivity contribution >= 4 is 34.3 Å². The highest BCUT2D eigenvalue weighted by atomic mass is 16.5. The molecule has 1 N–H and O–H groups in total. The molecule has 10 heteroatoms. The van der Waals surface area contributed by atoms with E-state index >= 15 is 0 Å². The van der Waals surface area contributed by atoms with Gasteiger partial charge in [0.15, 0.2) is 0 Å². The third-order valence-electron chi connectivity index (χ3n) is 9.19. The summed E-state index contributed by atoms with van der Waals surface area (Å²) in [6.45, 7) is 4.08. The lowest BCUT2D eigenvalue weighted by molar-refractivity contribution is -0.136. The van der Waals surface area contributed by atoms with Gasteiger partial charge in [0.25, 0.3) is 5.91 Å². The molecule has 218 valence electrons. The van der Waals surface area contributed by atoms with E-state index in [1.54, 1.807) is 26.3 Å². The third-order valence-corrected chi connectivity index (χ3v) is 9.19. The summed E-state index contributed by atoms with van der Waals surface area (Å²) in [5.41, 5.74) is 1.63. The highest BCUT2D eigenvalue weighted by molar-refractivity contribution is 6.07. The molecule has 10 nitrogen and oxygen atoms in total. The number of nitrogens with one attached hydrogen (secondary N) is 1. The number of nitrogens with zero attached hydrogens (tertiary/aromatic N) is 5. The summed E-state index contributed by atoms with van der Waals surface area (Å²) >= 11 is 0. The van der Waals surface area contributed by atoms with E-state index in [0.717, 1.165) is 23.8 Å². The SMILES string of the molecule is COc1cc(C(=O)N(C)[C@@H](CC(C)C)C(=O)N2C[C@]3(C[C@H]2C#N)C(=O)Nc2ccccc23)cc2cn(C3CCC3)nc12. The van der Waals surface area contributed by atoms with Gasteiger partial charge in [0.05, 0.1) is 24.6 Å². The Hall–Kier alpha value is -4.39. The van der Waals surface area contributed by atoms with Crippen molar-refractivity contribution in [2.75, 3.05) is 26.0 Å². The smallest absolute Gasteiger partial charge is 0.254 e. The summed E-state index contributed by atoms with van der Waals surface area (Å²) < 4.78 is 7.58. The molecular formula is C32H36N6O4. The molecule has 3 amide bonds. The normalized spacial score (nSPS) is 22.1. The molecule has 2 fully saturated rings. The monoisotopic (exact) mass is 568 g/mol. The number of aromatic nitrogens is 2. The standard InChI is InChI=1S/C32H36N6O4/c1-19(2)12-26(30(40)37-18-32(15-23(37)16-33)24-10-5-6-11-25(24)34-31(32)41)36(3)29(39)20-13-21-17-38(22-8-7-9-22)35-28(21)27(14-20)42-4/h5-6,10-11,13-14,17,19,22-23,26H,7-9,12,15,18H2,1-4H3,(H,34,41)/t23-,26-,32-/m0/s1. The fourth-order valence-electron chi connectivity index (χ4n) is 6.63. The van der Waals surface area contributed by atoms with E-state index in [0.29, 0.717) is 35.0 Å². The van der Waals surface area contributed by atoms with Gasteiger partial charge in [-0.2, -0.15) is 10.4 Å². The predicted octanol–water partition coefficient (Wildman–Crippen LogP) is 4.27. The van der Waals surface area contributed by atoms with E-state index in [1.165, 1.54) is 16.2 Å². The number of likely N-dealkylation sites (tertiary alicyclic amines) is 1. The van der Waals surface area contributed by atoms with Crippen LogP contribution in [0.15, 0.2) is 42.6 Å². The zero-order valence-corrected chi connectivity index (χ0v) is 24.5. The maximum Gasteiger partial charge on any atom is 0.254 e. The lowest BCUT2D eigenvalue weighted by atomic mass is 9.80. The Kier molecular flexibility index (Phi) is 6.92. The van der Waals surface area contributed by atoms with E-state index in [4.69, 9.17) is 9.84 Å². The number of anilines is 1. The molecule has 2 aliphatic heterocycles. The van der Waals surface area contributed by atoms with Gasteiger partial charge in [-0.3, -0.25) is 19.1 Å². The zero-order chi connectivity index (χ0) is 29.8. The van der Waals surface area contributed by atoms with Crippen LogP contribution >= 0.6 is 0 Å². The first-order chi connectivity index (χ1) is 20.2. The van der Waals surface area contributed by atoms with Crippen molar-refractivity contribution in [2.24, 2.45) is 5.92 Å². The Balaban J connectivity index is 1.31. The summed E-state index contributed by atoms with van der Waals surface area (Å²) in [5, 5.41) is 18.6. The summed E-state index contributed by atoms with van der Waals surface area (Å²) in [4.78, 5) is 44.4. The number of ether oxygens (including phenoxy) is 1. The van der Waals surface area contributed by atoms with Gasteiger partial charge >= 0.3 is 0 Å². The molecule has 3 aromatic rings. The molecule has 1 saturated carbocycles. The lowest BCUT2D eigenvalue weighted by Crippen LogP contribution is -2.52. The number of para-hydroxylation sites is 1. The van der Waals surface area contributed by atoms with Crippen LogP contribution in [-0.4, -0.2) is 70.1 Å². The minimum Gasteiger partial charge on any atom is -0.494 e. The quantitative estimate of drug-likeness (QED) is 0.455. The highest BCUT2D eigenvalue weighted by Crippen LogP contribution is 2.46. The Morgan fingerprint density at radius 2 is 2.02 bits per heavy atom. The van der Waals surface area contributed by atoms with Crippen molar-refractivity contribution in [1.29, 1.82) is 5.26 Å². The van der Waals surface area contributed by atoms with Crippen molar-refractivity contribution in [3.63, 3.8) is 0 Å². The predicted molar refractivity (Wildman–Crippen MR) is 157 cm³/mol. The number of likely N-dealkylation sites (N-methyl/N-ethyl adjacent to an activating group) is 1. The summed E-state index contributed by atoms with van der Waals surface area (Å²) in [6.07, 6.45) is 5.92. The minimum absolute atomic E-state index is 0.0870. The second-order valence-electron chi connectivity index (χ2n) is 12.3. The van der Waals surface area contributed by atoms with Gasteiger partial charge < -0.3 is 19.9 Å². The van der Waals surface area contributed by atoms with Crippen molar-refractivity contribution in [1.82, 2.24) is 19.6 Å². The number of nitriles is 1. The molecule has 3 heterocycles. The minimum atomic E-state index is -0.989. The van der Waals surface area contributed by atoms with Gasteiger partial charge in [0.2, 0.25) is 11.8 Å². The number of methoxy groups -OCH3 is 1. The second-order valence-corrected chi connectivity index (χ2v) is 12.3. The van der Waals surface area contributed by atoms with Crippen LogP contribution in [0.1, 0.15) is 67.9 Å². The molecule has 6 rings (SSSR count). The van der Waals surface area contributed by atoms with E-state index in [1.807, 2.05) is 49.0 Å². The fraction of sp³-hybridized carbons (Fsp3) is 0.469. The first-order valence-corrected chi connectivity index (χ1v) is 14.6. The first kappa shape index (κ1) is 27.8. The van der Waals surface area contributed by atoms with E-state index in [2.05, 4.69) is 11.4 Å². The van der Waals surface area contributed by atoms with Crippen molar-refractivity contribution in [3.05, 3.63) is 53.7 Å². The molecule has 3 aliphatic rings. The van der Waals surface area contributed by atoms with E-state index < -0.39 is 17.5 Å². The fourth-order valence-corrected chi connectivity index (χ4v) is 6.63. The maximum atomic E-state index is 14.3. The molecule has 0 unspecified atom stereocenters. The topological polar surface area (TPSA) is 121 Å². The molecule has 1 aliphatic carbocycles. The van der Waals surface area contributed by atoms with Crippen molar-refractivity contribution in [3.8, 4) is 11.8 Å². The number of hydrogen-bond acceptors (Lipinski definition) is 6. The number of benzene rings is 2. The number of carbonyl (C=O) groups excluding carboxylic acids is 3. The Morgan fingerprint density at radius 3 is 2.69 bits per heavy atom. The van der Waals surface area contributed by atoms with Crippen molar-refractivity contribution in [2.45, 2.75) is 69.5 Å². The molecule has 0 bridgehead atoms. The average molecular weight is 569 g/mol. The Morgan fingerprint density at radius 1 is 1.26 bits per heavy atom. The number of rotatable bonds is 7. The van der Waals surface area contributed by atoms with Crippen LogP contribution in [0.25, 0.3) is 10.9 Å². The Bertz CT molecular complexity index is 1620. The van der Waals surface area contributed by atoms with Crippen LogP contribution < -0.4 is 10.1 Å². The third kappa shape index (κ3) is 4.39. The summed E-state index contributed by atoms with van der Waals surface area (Å²) in [7, 11) is 3.19. The van der Waals surface area contributed by atoms with Crippen LogP contribution in [0, 0.1) is 17.2 Å². The average Bonchev–Trinajstić information content (AvgIpc) is 3.63. The molecule has 2 aromatic carbocycles. The molecule has 1 saturated heterocycles. The van der Waals surface area contributed by atoms with Crippen LogP contribution in [0.5, 0.6) is 5.75 Å². The number of fused-ring (bicyclic) bond motifs is 3. The van der Waals surface area contributed by atoms with Gasteiger partial charge in [0.1, 0.15) is 23.3 Å². The van der Waals surface area contributed by atoms with Gasteiger partial charge in [-0.1, -0.05) is 32.0 Å². The lowest BCUT2D eigenvalue weighted by Gasteiger charge is -2.33. The maximum absolute atomic E-state index is 14.3. The molecule has 3 atom stereocenters. The highest BCUT2D eigenvalue weighted by Gasteiger charge is 2.56. The Labute approximate surface area is 245 Å². The summed E-state index contributed by atoms with van der Waals surface area (Å²) in [5.74, 6) is -0.250. The number of hydrogen-bond donors (Lipinski definition) is 1. The van der Waals surface area contributed by atoms with Crippen molar-refractivity contribution < 1.29 is 19.1 Å². The van der Waals surface area contributed by atoms with Gasteiger partial charge in [-0.25, -0.2) is 0 Å². The summed E-state index contributed by atoms with van der Waals surface area (Å²) in [6, 6.07) is 11.9. The first-order valence-electron chi connectivity index (χ1n) is 14.6. The van der Waals surface area contributed by atoms with Crippen LogP contribution in [0.2, 0.25) is 0 Å². The molecule has 42 heavy (non-hydrogen) atoms. The molecule has 0 radical (unpaired) electrons. The largest absolute Gasteiger partial charge is 0.494 e. The second kappa shape index (κ2) is 10.5. The van der Waals surface area contributed by atoms with Gasteiger partial charge in [-0.15, -0.1) is 0 Å². The van der Waals surface area contributed by atoms with Gasteiger partial charge in [0, 0.05) is 42.8 Å². The number of carbonyl (C=O) groups is 3. The van der Waals surface area contributed by atoms with Gasteiger partial charge in [-0.05, 0) is 55.4 Å². The molecule has 1 spiro atoms. The molecule has 1 aromatic heterocycles.